The summed E-state index contributed by atoms with van der Waals surface area (Å²) >= 11 is 1.38. The van der Waals surface area contributed by atoms with Crippen LogP contribution in [-0.4, -0.2) is 24.6 Å². The lowest BCUT2D eigenvalue weighted by atomic mass is 10.1. The van der Waals surface area contributed by atoms with Gasteiger partial charge in [-0.05, 0) is 31.5 Å². The Kier molecular flexibility index (Phi) is 6.08. The van der Waals surface area contributed by atoms with Crippen LogP contribution >= 0.6 is 11.3 Å². The minimum absolute atomic E-state index is 0.143. The van der Waals surface area contributed by atoms with Crippen molar-refractivity contribution in [2.75, 3.05) is 13.7 Å². The van der Waals surface area contributed by atoms with Gasteiger partial charge in [0.1, 0.15) is 9.88 Å². The summed E-state index contributed by atoms with van der Waals surface area (Å²) in [5.41, 5.74) is 1.95. The summed E-state index contributed by atoms with van der Waals surface area (Å²) in [6.45, 7) is 4.43. The molecule has 1 heterocycles. The molecule has 0 aliphatic carbocycles. The van der Waals surface area contributed by atoms with E-state index in [1.807, 2.05) is 62.4 Å². The third-order valence-electron chi connectivity index (χ3n) is 4.09. The number of ether oxygens (including phenoxy) is 2. The molecule has 0 saturated heterocycles. The van der Waals surface area contributed by atoms with Crippen LogP contribution in [0.4, 0.5) is 0 Å². The monoisotopic (exact) mass is 382 g/mol. The van der Waals surface area contributed by atoms with E-state index in [1.165, 1.54) is 11.3 Å². The molecule has 27 heavy (non-hydrogen) atoms. The number of methoxy groups -OCH3 is 1. The topological polar surface area (TPSA) is 60.5 Å². The van der Waals surface area contributed by atoms with Gasteiger partial charge in [0.2, 0.25) is 0 Å². The van der Waals surface area contributed by atoms with Crippen LogP contribution in [0.2, 0.25) is 0 Å². The van der Waals surface area contributed by atoms with E-state index in [2.05, 4.69) is 10.3 Å². The first-order valence-electron chi connectivity index (χ1n) is 8.75. The molecule has 5 nitrogen and oxygen atoms in total. The summed E-state index contributed by atoms with van der Waals surface area (Å²) in [5, 5.41) is 3.84. The van der Waals surface area contributed by atoms with Crippen LogP contribution in [0.1, 0.15) is 35.1 Å². The Morgan fingerprint density at radius 2 is 1.96 bits per heavy atom. The zero-order valence-electron chi connectivity index (χ0n) is 15.6. The van der Waals surface area contributed by atoms with Crippen molar-refractivity contribution in [2.24, 2.45) is 0 Å². The molecule has 140 valence electrons. The van der Waals surface area contributed by atoms with E-state index in [9.17, 15) is 4.79 Å². The standard InChI is InChI=1S/C21H22N2O3S/c1-4-26-17-11-10-16(12-18(17)25-3)14(2)23-20(24)19-13-22-21(27-19)15-8-6-5-7-9-15/h5-14H,4H2,1-3H3,(H,23,24). The van der Waals surface area contributed by atoms with E-state index in [0.29, 0.717) is 23.0 Å². The Balaban J connectivity index is 1.72. The second-order valence-corrected chi connectivity index (χ2v) is 6.96. The molecule has 1 unspecified atom stereocenters. The van der Waals surface area contributed by atoms with Crippen molar-refractivity contribution in [2.45, 2.75) is 19.9 Å². The number of carbonyl (C=O) groups excluding carboxylic acids is 1. The van der Waals surface area contributed by atoms with Crippen molar-refractivity contribution in [3.8, 4) is 22.1 Å². The summed E-state index contributed by atoms with van der Waals surface area (Å²) in [7, 11) is 1.60. The van der Waals surface area contributed by atoms with Crippen LogP contribution in [-0.2, 0) is 0 Å². The van der Waals surface area contributed by atoms with Crippen molar-refractivity contribution >= 4 is 17.2 Å². The Bertz CT molecular complexity index is 909. The zero-order valence-corrected chi connectivity index (χ0v) is 16.4. The smallest absolute Gasteiger partial charge is 0.263 e. The molecule has 1 aromatic heterocycles. The summed E-state index contributed by atoms with van der Waals surface area (Å²) in [6, 6.07) is 15.3. The molecule has 0 fully saturated rings. The van der Waals surface area contributed by atoms with Gasteiger partial charge in [-0.25, -0.2) is 4.98 Å². The van der Waals surface area contributed by atoms with E-state index >= 15 is 0 Å². The molecule has 0 aliphatic rings. The quantitative estimate of drug-likeness (QED) is 0.643. The summed E-state index contributed by atoms with van der Waals surface area (Å²) in [6.07, 6.45) is 1.62. The van der Waals surface area contributed by atoms with Gasteiger partial charge >= 0.3 is 0 Å². The number of thiazole rings is 1. The van der Waals surface area contributed by atoms with Gasteiger partial charge in [0.15, 0.2) is 11.5 Å². The Morgan fingerprint density at radius 1 is 1.19 bits per heavy atom. The second-order valence-electron chi connectivity index (χ2n) is 5.93. The molecule has 6 heteroatoms. The Hall–Kier alpha value is -2.86. The fraction of sp³-hybridized carbons (Fsp3) is 0.238. The van der Waals surface area contributed by atoms with E-state index in [4.69, 9.17) is 9.47 Å². The molecule has 3 rings (SSSR count). The first-order chi connectivity index (χ1) is 13.1. The van der Waals surface area contributed by atoms with Crippen molar-refractivity contribution in [1.82, 2.24) is 10.3 Å². The highest BCUT2D eigenvalue weighted by Gasteiger charge is 2.16. The number of carbonyl (C=O) groups is 1. The van der Waals surface area contributed by atoms with Crippen LogP contribution in [0.15, 0.2) is 54.7 Å². The molecular formula is C21H22N2O3S. The predicted octanol–water partition coefficient (Wildman–Crippen LogP) is 4.71. The average Bonchev–Trinajstić information content (AvgIpc) is 3.19. The Morgan fingerprint density at radius 3 is 2.67 bits per heavy atom. The van der Waals surface area contributed by atoms with Gasteiger partial charge in [0, 0.05) is 5.56 Å². The molecule has 2 aromatic carbocycles. The van der Waals surface area contributed by atoms with Crippen LogP contribution in [0.25, 0.3) is 10.6 Å². The van der Waals surface area contributed by atoms with Gasteiger partial charge in [-0.2, -0.15) is 0 Å². The highest BCUT2D eigenvalue weighted by molar-refractivity contribution is 7.16. The average molecular weight is 382 g/mol. The third-order valence-corrected chi connectivity index (χ3v) is 5.13. The molecular weight excluding hydrogens is 360 g/mol. The van der Waals surface area contributed by atoms with Gasteiger partial charge in [0.05, 0.1) is 26.0 Å². The molecule has 0 spiro atoms. The van der Waals surface area contributed by atoms with E-state index in [0.717, 1.165) is 16.1 Å². The fourth-order valence-electron chi connectivity index (χ4n) is 2.67. The van der Waals surface area contributed by atoms with Crippen LogP contribution in [0.3, 0.4) is 0 Å². The molecule has 0 bridgehead atoms. The predicted molar refractivity (Wildman–Crippen MR) is 108 cm³/mol. The molecule has 0 aliphatic heterocycles. The highest BCUT2D eigenvalue weighted by Crippen LogP contribution is 2.31. The van der Waals surface area contributed by atoms with Crippen LogP contribution < -0.4 is 14.8 Å². The number of hydrogen-bond donors (Lipinski definition) is 1. The first kappa shape index (κ1) is 18.9. The number of rotatable bonds is 7. The van der Waals surface area contributed by atoms with Crippen molar-refractivity contribution < 1.29 is 14.3 Å². The van der Waals surface area contributed by atoms with Crippen LogP contribution in [0, 0.1) is 0 Å². The summed E-state index contributed by atoms with van der Waals surface area (Å²) in [5.74, 6) is 1.20. The minimum Gasteiger partial charge on any atom is -0.493 e. The Labute approximate surface area is 163 Å². The highest BCUT2D eigenvalue weighted by atomic mass is 32.1. The SMILES string of the molecule is CCOc1ccc(C(C)NC(=O)c2cnc(-c3ccccc3)s2)cc1OC. The van der Waals surface area contributed by atoms with Gasteiger partial charge in [-0.3, -0.25) is 4.79 Å². The lowest BCUT2D eigenvalue weighted by molar-refractivity contribution is 0.0943. The van der Waals surface area contributed by atoms with Crippen molar-refractivity contribution in [3.05, 3.63) is 65.2 Å². The molecule has 0 saturated carbocycles. The number of nitrogens with zero attached hydrogens (tertiary/aromatic N) is 1. The zero-order chi connectivity index (χ0) is 19.2. The van der Waals surface area contributed by atoms with E-state index in [-0.39, 0.29) is 11.9 Å². The van der Waals surface area contributed by atoms with Gasteiger partial charge in [-0.15, -0.1) is 11.3 Å². The number of benzene rings is 2. The molecule has 1 atom stereocenters. The number of aromatic nitrogens is 1. The third kappa shape index (κ3) is 4.46. The minimum atomic E-state index is -0.177. The maximum Gasteiger partial charge on any atom is 0.263 e. The number of nitrogens with one attached hydrogen (secondary N) is 1. The molecule has 1 amide bonds. The molecule has 3 aromatic rings. The van der Waals surface area contributed by atoms with Crippen molar-refractivity contribution in [3.63, 3.8) is 0 Å². The lowest BCUT2D eigenvalue weighted by Gasteiger charge is -2.16. The molecule has 0 radical (unpaired) electrons. The number of amides is 1. The summed E-state index contributed by atoms with van der Waals surface area (Å²) in [4.78, 5) is 17.6. The normalized spacial score (nSPS) is 11.7. The van der Waals surface area contributed by atoms with Crippen molar-refractivity contribution in [1.29, 1.82) is 0 Å². The lowest BCUT2D eigenvalue weighted by Crippen LogP contribution is -2.25. The number of hydrogen-bond acceptors (Lipinski definition) is 5. The maximum atomic E-state index is 12.6. The van der Waals surface area contributed by atoms with Crippen LogP contribution in [0.5, 0.6) is 11.5 Å². The van der Waals surface area contributed by atoms with E-state index < -0.39 is 0 Å². The molecule has 1 N–H and O–H groups in total. The van der Waals surface area contributed by atoms with Gasteiger partial charge in [0.25, 0.3) is 5.91 Å². The summed E-state index contributed by atoms with van der Waals surface area (Å²) < 4.78 is 10.9. The second kappa shape index (κ2) is 8.68. The van der Waals surface area contributed by atoms with E-state index in [1.54, 1.807) is 13.3 Å². The van der Waals surface area contributed by atoms with Gasteiger partial charge < -0.3 is 14.8 Å². The van der Waals surface area contributed by atoms with Gasteiger partial charge in [-0.1, -0.05) is 36.4 Å². The first-order valence-corrected chi connectivity index (χ1v) is 9.57. The largest absolute Gasteiger partial charge is 0.493 e. The maximum absolute atomic E-state index is 12.6. The fourth-order valence-corrected chi connectivity index (χ4v) is 3.50.